The highest BCUT2D eigenvalue weighted by atomic mass is 35.5. The highest BCUT2D eigenvalue weighted by Gasteiger charge is 2.32. The number of benzene rings is 2. The van der Waals surface area contributed by atoms with Crippen molar-refractivity contribution >= 4 is 58.8 Å². The lowest BCUT2D eigenvalue weighted by Gasteiger charge is -2.16. The van der Waals surface area contributed by atoms with Gasteiger partial charge in [0, 0.05) is 30.1 Å². The number of hydrogen-bond acceptors (Lipinski definition) is 3. The normalized spacial score (nSPS) is 19.8. The van der Waals surface area contributed by atoms with Crippen LogP contribution in [0.3, 0.4) is 0 Å². The van der Waals surface area contributed by atoms with E-state index in [-0.39, 0.29) is 36.8 Å². The molecule has 140 valence electrons. The number of anilines is 1. The van der Waals surface area contributed by atoms with Gasteiger partial charge >= 0.3 is 0 Å². The van der Waals surface area contributed by atoms with Gasteiger partial charge in [-0.1, -0.05) is 65.1 Å². The predicted octanol–water partition coefficient (Wildman–Crippen LogP) is 4.43. The van der Waals surface area contributed by atoms with Crippen LogP contribution in [0.25, 0.3) is 0 Å². The molecule has 3 N–H and O–H groups in total. The molecule has 1 saturated heterocycles. The standard InChI is InChI=1S/C18H18Cl3N3O.ClH/c19-12-6-14(20)18(15(21)7-12)23-17(25)10-24-8-13(16(22)9-24)11-4-2-1-3-5-11;/h1-7,13,16H,8-10,22H2,(H,23,25);1H/t13-,16+;/m0./s1. The van der Waals surface area contributed by atoms with E-state index in [9.17, 15) is 4.79 Å². The molecule has 0 unspecified atom stereocenters. The minimum atomic E-state index is -0.188. The fourth-order valence-electron chi connectivity index (χ4n) is 3.14. The van der Waals surface area contributed by atoms with Gasteiger partial charge in [-0.2, -0.15) is 0 Å². The van der Waals surface area contributed by atoms with Gasteiger partial charge in [0.2, 0.25) is 5.91 Å². The zero-order valence-electron chi connectivity index (χ0n) is 13.8. The molecule has 0 aliphatic carbocycles. The summed E-state index contributed by atoms with van der Waals surface area (Å²) in [5.74, 6) is 0.0312. The van der Waals surface area contributed by atoms with Crippen LogP contribution >= 0.6 is 47.2 Å². The van der Waals surface area contributed by atoms with E-state index in [1.54, 1.807) is 12.1 Å². The second-order valence-electron chi connectivity index (χ2n) is 6.17. The number of halogens is 4. The van der Waals surface area contributed by atoms with Gasteiger partial charge in [-0.05, 0) is 17.7 Å². The maximum Gasteiger partial charge on any atom is 0.238 e. The zero-order valence-corrected chi connectivity index (χ0v) is 16.9. The lowest BCUT2D eigenvalue weighted by molar-refractivity contribution is -0.117. The van der Waals surface area contributed by atoms with Crippen molar-refractivity contribution in [3.63, 3.8) is 0 Å². The molecule has 1 heterocycles. The number of hydrogen-bond donors (Lipinski definition) is 2. The molecular formula is C18H19Cl4N3O. The van der Waals surface area contributed by atoms with Crippen molar-refractivity contribution in [1.82, 2.24) is 4.90 Å². The summed E-state index contributed by atoms with van der Waals surface area (Å²) in [5.41, 5.74) is 7.84. The van der Waals surface area contributed by atoms with Crippen LogP contribution in [0.5, 0.6) is 0 Å². The van der Waals surface area contributed by atoms with E-state index in [0.717, 1.165) is 6.54 Å². The molecule has 0 saturated carbocycles. The molecule has 3 rings (SSSR count). The number of nitrogens with one attached hydrogen (secondary N) is 1. The van der Waals surface area contributed by atoms with Gasteiger partial charge in [-0.15, -0.1) is 12.4 Å². The molecular weight excluding hydrogens is 416 g/mol. The SMILES string of the molecule is Cl.N[C@@H]1CN(CC(=O)Nc2c(Cl)cc(Cl)cc2Cl)C[C@H]1c1ccccc1. The van der Waals surface area contributed by atoms with Crippen molar-refractivity contribution in [2.24, 2.45) is 5.73 Å². The monoisotopic (exact) mass is 433 g/mol. The summed E-state index contributed by atoms with van der Waals surface area (Å²) in [5, 5.41) is 3.80. The van der Waals surface area contributed by atoms with E-state index in [2.05, 4.69) is 17.4 Å². The Hall–Kier alpha value is -1.01. The number of nitrogens with two attached hydrogens (primary N) is 1. The first-order valence-electron chi connectivity index (χ1n) is 7.91. The Balaban J connectivity index is 0.00000243. The van der Waals surface area contributed by atoms with Crippen LogP contribution < -0.4 is 11.1 Å². The Morgan fingerprint density at radius 2 is 1.73 bits per heavy atom. The van der Waals surface area contributed by atoms with Crippen molar-refractivity contribution < 1.29 is 4.79 Å². The van der Waals surface area contributed by atoms with Crippen LogP contribution in [0.4, 0.5) is 5.69 Å². The number of nitrogens with zero attached hydrogens (tertiary/aromatic N) is 1. The molecule has 0 spiro atoms. The van der Waals surface area contributed by atoms with E-state index < -0.39 is 0 Å². The largest absolute Gasteiger partial charge is 0.326 e. The van der Waals surface area contributed by atoms with Gasteiger partial charge in [0.05, 0.1) is 22.3 Å². The Labute approximate surface area is 174 Å². The molecule has 0 radical (unpaired) electrons. The second kappa shape index (κ2) is 9.27. The fourth-order valence-corrected chi connectivity index (χ4v) is 4.05. The van der Waals surface area contributed by atoms with Gasteiger partial charge in [0.25, 0.3) is 0 Å². The summed E-state index contributed by atoms with van der Waals surface area (Å²) in [4.78, 5) is 14.4. The molecule has 1 amide bonds. The molecule has 2 atom stereocenters. The first-order chi connectivity index (χ1) is 11.9. The third-order valence-corrected chi connectivity index (χ3v) is 5.12. The van der Waals surface area contributed by atoms with Crippen LogP contribution in [0, 0.1) is 0 Å². The number of carbonyl (C=O) groups is 1. The first-order valence-corrected chi connectivity index (χ1v) is 9.04. The molecule has 0 bridgehead atoms. The van der Waals surface area contributed by atoms with E-state index in [0.29, 0.717) is 27.3 Å². The lowest BCUT2D eigenvalue weighted by atomic mass is 9.95. The molecule has 2 aromatic rings. The number of likely N-dealkylation sites (tertiary alicyclic amines) is 1. The summed E-state index contributed by atoms with van der Waals surface area (Å²) in [6.45, 7) is 1.63. The van der Waals surface area contributed by atoms with Crippen molar-refractivity contribution in [3.05, 3.63) is 63.1 Å². The smallest absolute Gasteiger partial charge is 0.238 e. The van der Waals surface area contributed by atoms with Crippen molar-refractivity contribution in [2.75, 3.05) is 25.0 Å². The van der Waals surface area contributed by atoms with Crippen molar-refractivity contribution in [2.45, 2.75) is 12.0 Å². The number of rotatable bonds is 4. The second-order valence-corrected chi connectivity index (χ2v) is 7.42. The van der Waals surface area contributed by atoms with Crippen LogP contribution in [0.1, 0.15) is 11.5 Å². The molecule has 1 fully saturated rings. The van der Waals surface area contributed by atoms with Gasteiger partial charge in [-0.3, -0.25) is 9.69 Å². The lowest BCUT2D eigenvalue weighted by Crippen LogP contribution is -2.33. The quantitative estimate of drug-likeness (QED) is 0.747. The Bertz CT molecular complexity index is 749. The number of amides is 1. The van der Waals surface area contributed by atoms with Gasteiger partial charge in [-0.25, -0.2) is 0 Å². The molecule has 4 nitrogen and oxygen atoms in total. The molecule has 8 heteroatoms. The molecule has 26 heavy (non-hydrogen) atoms. The van der Waals surface area contributed by atoms with Crippen LogP contribution in [-0.4, -0.2) is 36.5 Å². The van der Waals surface area contributed by atoms with Crippen molar-refractivity contribution in [3.8, 4) is 0 Å². The summed E-state index contributed by atoms with van der Waals surface area (Å²) < 4.78 is 0. The minimum absolute atomic E-state index is 0. The average Bonchev–Trinajstić information content (AvgIpc) is 2.92. The van der Waals surface area contributed by atoms with E-state index in [4.69, 9.17) is 40.5 Å². The molecule has 1 aliphatic heterocycles. The van der Waals surface area contributed by atoms with Crippen LogP contribution in [-0.2, 0) is 4.79 Å². The zero-order chi connectivity index (χ0) is 18.0. The highest BCUT2D eigenvalue weighted by Crippen LogP contribution is 2.33. The van der Waals surface area contributed by atoms with Crippen LogP contribution in [0.15, 0.2) is 42.5 Å². The third kappa shape index (κ3) is 5.03. The van der Waals surface area contributed by atoms with Crippen LogP contribution in [0.2, 0.25) is 15.1 Å². The Morgan fingerprint density at radius 1 is 1.12 bits per heavy atom. The molecule has 2 aromatic carbocycles. The van der Waals surface area contributed by atoms with E-state index in [1.807, 2.05) is 23.1 Å². The maximum atomic E-state index is 12.4. The topological polar surface area (TPSA) is 58.4 Å². The molecule has 1 aliphatic rings. The van der Waals surface area contributed by atoms with E-state index in [1.165, 1.54) is 5.56 Å². The maximum absolute atomic E-state index is 12.4. The predicted molar refractivity (Wildman–Crippen MR) is 111 cm³/mol. The minimum Gasteiger partial charge on any atom is -0.326 e. The Kier molecular flexibility index (Phi) is 7.59. The van der Waals surface area contributed by atoms with Gasteiger partial charge in [0.15, 0.2) is 0 Å². The highest BCUT2D eigenvalue weighted by molar-refractivity contribution is 6.42. The summed E-state index contributed by atoms with van der Waals surface area (Å²) in [7, 11) is 0. The summed E-state index contributed by atoms with van der Waals surface area (Å²) in [6.07, 6.45) is 0. The fraction of sp³-hybridized carbons (Fsp3) is 0.278. The van der Waals surface area contributed by atoms with Crippen molar-refractivity contribution in [1.29, 1.82) is 0 Å². The molecule has 0 aromatic heterocycles. The van der Waals surface area contributed by atoms with Gasteiger partial charge < -0.3 is 11.1 Å². The van der Waals surface area contributed by atoms with Gasteiger partial charge in [0.1, 0.15) is 0 Å². The van der Waals surface area contributed by atoms with E-state index >= 15 is 0 Å². The summed E-state index contributed by atoms with van der Waals surface area (Å²) >= 11 is 18.1. The summed E-state index contributed by atoms with van der Waals surface area (Å²) in [6, 6.07) is 13.2. The Morgan fingerprint density at radius 3 is 2.35 bits per heavy atom. The average molecular weight is 435 g/mol. The number of carbonyl (C=O) groups excluding carboxylic acids is 1. The third-order valence-electron chi connectivity index (χ3n) is 4.31. The first kappa shape index (κ1) is 21.3.